The zero-order chi connectivity index (χ0) is 14.4. The number of hydrogen-bond donors (Lipinski definition) is 2. The standard InChI is InChI=1S/C16H16ClNO2/c17-14-8-6-12(7-9-14)3-2-10-18-15-5-1-4-13(11-15)16(19)20/h1,4-9,11,18H,2-3,10H2,(H,19,20). The van der Waals surface area contributed by atoms with E-state index in [2.05, 4.69) is 5.32 Å². The van der Waals surface area contributed by atoms with Crippen LogP contribution in [0.1, 0.15) is 22.3 Å². The summed E-state index contributed by atoms with van der Waals surface area (Å²) in [6, 6.07) is 14.7. The summed E-state index contributed by atoms with van der Waals surface area (Å²) in [5, 5.41) is 12.9. The van der Waals surface area contributed by atoms with Gasteiger partial charge in [0.1, 0.15) is 0 Å². The van der Waals surface area contributed by atoms with Crippen molar-refractivity contribution in [3.05, 3.63) is 64.7 Å². The predicted octanol–water partition coefficient (Wildman–Crippen LogP) is 4.08. The van der Waals surface area contributed by atoms with Crippen LogP contribution in [0.2, 0.25) is 5.02 Å². The van der Waals surface area contributed by atoms with Gasteiger partial charge in [-0.25, -0.2) is 4.79 Å². The second-order valence-corrected chi connectivity index (χ2v) is 4.98. The molecule has 0 aliphatic carbocycles. The molecule has 104 valence electrons. The third-order valence-electron chi connectivity index (χ3n) is 2.99. The molecule has 0 bridgehead atoms. The third-order valence-corrected chi connectivity index (χ3v) is 3.25. The fourth-order valence-electron chi connectivity index (χ4n) is 1.94. The molecule has 20 heavy (non-hydrogen) atoms. The van der Waals surface area contributed by atoms with Gasteiger partial charge in [-0.1, -0.05) is 29.8 Å². The highest BCUT2D eigenvalue weighted by atomic mass is 35.5. The number of carbonyl (C=O) groups is 1. The molecule has 0 aromatic heterocycles. The zero-order valence-electron chi connectivity index (χ0n) is 11.0. The summed E-state index contributed by atoms with van der Waals surface area (Å²) in [6.07, 6.45) is 1.93. The van der Waals surface area contributed by atoms with Crippen LogP contribution < -0.4 is 5.32 Å². The van der Waals surface area contributed by atoms with Gasteiger partial charge in [-0.05, 0) is 48.7 Å². The fourth-order valence-corrected chi connectivity index (χ4v) is 2.06. The topological polar surface area (TPSA) is 49.3 Å². The number of halogens is 1. The monoisotopic (exact) mass is 289 g/mol. The summed E-state index contributed by atoms with van der Waals surface area (Å²) < 4.78 is 0. The number of nitrogens with one attached hydrogen (secondary N) is 1. The second kappa shape index (κ2) is 6.96. The fraction of sp³-hybridized carbons (Fsp3) is 0.188. The van der Waals surface area contributed by atoms with E-state index in [0.717, 1.165) is 30.1 Å². The summed E-state index contributed by atoms with van der Waals surface area (Å²) in [7, 11) is 0. The van der Waals surface area contributed by atoms with Crippen molar-refractivity contribution in [1.29, 1.82) is 0 Å². The van der Waals surface area contributed by atoms with Crippen LogP contribution in [0.25, 0.3) is 0 Å². The molecule has 0 saturated carbocycles. The molecule has 0 spiro atoms. The van der Waals surface area contributed by atoms with Gasteiger partial charge in [-0.3, -0.25) is 0 Å². The van der Waals surface area contributed by atoms with Crippen LogP contribution in [0, 0.1) is 0 Å². The average molecular weight is 290 g/mol. The van der Waals surface area contributed by atoms with Crippen molar-refractivity contribution in [1.82, 2.24) is 0 Å². The highest BCUT2D eigenvalue weighted by Crippen LogP contribution is 2.13. The Morgan fingerprint density at radius 1 is 1.15 bits per heavy atom. The molecule has 3 nitrogen and oxygen atoms in total. The van der Waals surface area contributed by atoms with E-state index in [0.29, 0.717) is 5.56 Å². The van der Waals surface area contributed by atoms with Crippen LogP contribution in [0.4, 0.5) is 5.69 Å². The van der Waals surface area contributed by atoms with Gasteiger partial charge in [0.05, 0.1) is 5.56 Å². The number of rotatable bonds is 6. The van der Waals surface area contributed by atoms with Gasteiger partial charge in [-0.2, -0.15) is 0 Å². The quantitative estimate of drug-likeness (QED) is 0.788. The second-order valence-electron chi connectivity index (χ2n) is 4.54. The van der Waals surface area contributed by atoms with Crippen molar-refractivity contribution >= 4 is 23.3 Å². The van der Waals surface area contributed by atoms with Crippen LogP contribution in [0.15, 0.2) is 48.5 Å². The Morgan fingerprint density at radius 2 is 1.90 bits per heavy atom. The van der Waals surface area contributed by atoms with E-state index in [-0.39, 0.29) is 0 Å². The van der Waals surface area contributed by atoms with Crippen LogP contribution in [-0.4, -0.2) is 17.6 Å². The smallest absolute Gasteiger partial charge is 0.335 e. The van der Waals surface area contributed by atoms with Gasteiger partial charge >= 0.3 is 5.97 Å². The van der Waals surface area contributed by atoms with E-state index in [1.165, 1.54) is 5.56 Å². The molecule has 0 aliphatic heterocycles. The predicted molar refractivity (Wildman–Crippen MR) is 81.7 cm³/mol. The normalized spacial score (nSPS) is 10.2. The molecule has 4 heteroatoms. The van der Waals surface area contributed by atoms with Gasteiger partial charge < -0.3 is 10.4 Å². The molecular formula is C16H16ClNO2. The van der Waals surface area contributed by atoms with Crippen molar-refractivity contribution < 1.29 is 9.90 Å². The lowest BCUT2D eigenvalue weighted by molar-refractivity contribution is 0.0697. The molecule has 0 amide bonds. The van der Waals surface area contributed by atoms with E-state index in [4.69, 9.17) is 16.7 Å². The molecule has 0 atom stereocenters. The molecule has 0 unspecified atom stereocenters. The third kappa shape index (κ3) is 4.28. The lowest BCUT2D eigenvalue weighted by Gasteiger charge is -2.07. The van der Waals surface area contributed by atoms with E-state index < -0.39 is 5.97 Å². The van der Waals surface area contributed by atoms with Crippen LogP contribution in [0.3, 0.4) is 0 Å². The van der Waals surface area contributed by atoms with Gasteiger partial charge in [0.2, 0.25) is 0 Å². The SMILES string of the molecule is O=C(O)c1cccc(NCCCc2ccc(Cl)cc2)c1. The summed E-state index contributed by atoms with van der Waals surface area (Å²) in [5.74, 6) is -0.908. The largest absolute Gasteiger partial charge is 0.478 e. The lowest BCUT2D eigenvalue weighted by Crippen LogP contribution is -2.04. The molecule has 0 saturated heterocycles. The van der Waals surface area contributed by atoms with Gasteiger partial charge in [0.15, 0.2) is 0 Å². The number of aromatic carboxylic acids is 1. The maximum Gasteiger partial charge on any atom is 0.335 e. The Labute approximate surface area is 123 Å². The summed E-state index contributed by atoms with van der Waals surface area (Å²) in [4.78, 5) is 10.9. The minimum Gasteiger partial charge on any atom is -0.478 e. The van der Waals surface area contributed by atoms with Crippen molar-refractivity contribution in [2.24, 2.45) is 0 Å². The van der Waals surface area contributed by atoms with E-state index in [9.17, 15) is 4.79 Å². The van der Waals surface area contributed by atoms with E-state index in [1.807, 2.05) is 30.3 Å². The highest BCUT2D eigenvalue weighted by Gasteiger charge is 2.02. The van der Waals surface area contributed by atoms with Crippen molar-refractivity contribution in [2.75, 3.05) is 11.9 Å². The van der Waals surface area contributed by atoms with Crippen LogP contribution >= 0.6 is 11.6 Å². The summed E-state index contributed by atoms with van der Waals surface area (Å²) in [5.41, 5.74) is 2.38. The van der Waals surface area contributed by atoms with Crippen LogP contribution in [-0.2, 0) is 6.42 Å². The first-order chi connectivity index (χ1) is 9.65. The van der Waals surface area contributed by atoms with Crippen molar-refractivity contribution in [3.8, 4) is 0 Å². The number of benzene rings is 2. The van der Waals surface area contributed by atoms with Crippen molar-refractivity contribution in [3.63, 3.8) is 0 Å². The first-order valence-electron chi connectivity index (χ1n) is 6.47. The Kier molecular flexibility index (Phi) is 5.02. The average Bonchev–Trinajstić information content (AvgIpc) is 2.46. The first-order valence-corrected chi connectivity index (χ1v) is 6.84. The number of anilines is 1. The molecular weight excluding hydrogens is 274 g/mol. The van der Waals surface area contributed by atoms with Crippen molar-refractivity contribution in [2.45, 2.75) is 12.8 Å². The Morgan fingerprint density at radius 3 is 2.60 bits per heavy atom. The van der Waals surface area contributed by atoms with Crippen LogP contribution in [0.5, 0.6) is 0 Å². The molecule has 0 aliphatic rings. The first kappa shape index (κ1) is 14.4. The summed E-state index contributed by atoms with van der Waals surface area (Å²) >= 11 is 5.83. The van der Waals surface area contributed by atoms with Gasteiger partial charge in [0.25, 0.3) is 0 Å². The maximum atomic E-state index is 10.9. The zero-order valence-corrected chi connectivity index (χ0v) is 11.7. The Balaban J connectivity index is 1.79. The number of carboxylic acid groups (broad SMARTS) is 1. The highest BCUT2D eigenvalue weighted by molar-refractivity contribution is 6.30. The van der Waals surface area contributed by atoms with Gasteiger partial charge in [-0.15, -0.1) is 0 Å². The Bertz CT molecular complexity index is 581. The minimum absolute atomic E-state index is 0.299. The molecule has 0 radical (unpaired) electrons. The number of hydrogen-bond acceptors (Lipinski definition) is 2. The van der Waals surface area contributed by atoms with Gasteiger partial charge in [0, 0.05) is 17.3 Å². The van der Waals surface area contributed by atoms with E-state index in [1.54, 1.807) is 18.2 Å². The molecule has 2 rings (SSSR count). The molecule has 0 fully saturated rings. The van der Waals surface area contributed by atoms with E-state index >= 15 is 0 Å². The minimum atomic E-state index is -0.908. The molecule has 2 N–H and O–H groups in total. The number of carboxylic acids is 1. The number of aryl methyl sites for hydroxylation is 1. The summed E-state index contributed by atoms with van der Waals surface area (Å²) in [6.45, 7) is 0.797. The maximum absolute atomic E-state index is 10.9. The molecule has 2 aromatic rings. The molecule has 0 heterocycles. The Hall–Kier alpha value is -2.00. The lowest BCUT2D eigenvalue weighted by atomic mass is 10.1. The molecule has 2 aromatic carbocycles.